The summed E-state index contributed by atoms with van der Waals surface area (Å²) >= 11 is 0. The second-order valence-electron chi connectivity index (χ2n) is 28.2. The number of ether oxygens (including phenoxy) is 8. The normalized spacial score (nSPS) is 16.8. The zero-order valence-corrected chi connectivity index (χ0v) is 60.4. The van der Waals surface area contributed by atoms with Crippen molar-refractivity contribution in [1.82, 2.24) is 0 Å². The Morgan fingerprint density at radius 3 is 0.972 bits per heavy atom. The second kappa shape index (κ2) is 29.9. The maximum atomic E-state index is 16.8. The summed E-state index contributed by atoms with van der Waals surface area (Å²) in [5, 5.41) is 0. The molecule has 2 atom stereocenters. The molecular weight excluding hydrogens is 1320 g/mol. The molecule has 12 heteroatoms. The predicted molar refractivity (Wildman–Crippen MR) is 418 cm³/mol. The van der Waals surface area contributed by atoms with Gasteiger partial charge < -0.3 is 47.7 Å². The van der Waals surface area contributed by atoms with Crippen LogP contribution in [0, 0.1) is 22.5 Å². The largest absolute Gasteiger partial charge is 0.493 e. The van der Waals surface area contributed by atoms with Gasteiger partial charge in [-0.1, -0.05) is 172 Å². The molecule has 0 amide bonds. The lowest BCUT2D eigenvalue weighted by atomic mass is 9.67. The Bertz CT molecular complexity index is 4730. The van der Waals surface area contributed by atoms with E-state index in [1.807, 2.05) is 72.2 Å². The van der Waals surface area contributed by atoms with Crippen molar-refractivity contribution in [1.29, 1.82) is 0 Å². The van der Waals surface area contributed by atoms with Crippen LogP contribution >= 0.6 is 0 Å². The van der Waals surface area contributed by atoms with E-state index in [4.69, 9.17) is 37.9 Å². The first-order valence-corrected chi connectivity index (χ1v) is 37.1. The molecule has 12 aromatic carbocycles. The number of rotatable bonds is 29. The minimum atomic E-state index is -0.827. The van der Waals surface area contributed by atoms with Crippen LogP contribution < -0.4 is 28.7 Å². The molecule has 534 valence electrons. The third-order valence-corrected chi connectivity index (χ3v) is 22.1. The first kappa shape index (κ1) is 69.5. The third-order valence-electron chi connectivity index (χ3n) is 22.1. The summed E-state index contributed by atoms with van der Waals surface area (Å²) in [6.45, 7) is 15.4. The van der Waals surface area contributed by atoms with Crippen LogP contribution in [0.3, 0.4) is 0 Å². The molecule has 2 fully saturated rings. The molecule has 0 radical (unpaired) electrons. The molecule has 2 heterocycles. The van der Waals surface area contributed by atoms with Crippen LogP contribution in [0.15, 0.2) is 279 Å². The highest BCUT2D eigenvalue weighted by molar-refractivity contribution is 5.92. The number of benzene rings is 12. The topological polar surface area (TPSA) is 80.3 Å². The number of anilines is 6. The third kappa shape index (κ3) is 12.7. The zero-order valence-electron chi connectivity index (χ0n) is 60.4. The number of para-hydroxylation sites is 2. The first-order chi connectivity index (χ1) is 52.1. The van der Waals surface area contributed by atoms with Crippen molar-refractivity contribution < 1.29 is 46.7 Å². The average Bonchev–Trinajstić information content (AvgIpc) is 1.53. The summed E-state index contributed by atoms with van der Waals surface area (Å²) in [6, 6.07) is 94.9. The minimum Gasteiger partial charge on any atom is -0.493 e. The Balaban J connectivity index is 0.759. The fraction of sp³-hybridized carbons (Fsp3) is 0.234. The maximum Gasteiger partial charge on any atom is 0.147 e. The Morgan fingerprint density at radius 2 is 0.642 bits per heavy atom. The van der Waals surface area contributed by atoms with Crippen molar-refractivity contribution in [2.45, 2.75) is 51.4 Å². The van der Waals surface area contributed by atoms with Gasteiger partial charge in [-0.15, -0.1) is 0 Å². The standard InChI is InChI=1S/C94H86F2N2O8/c1-5-91(59-101-60-91)63-105-77-47-33-69(34-48-77)93(67-29-43-75(44-30-67)103-55-53-99-7-3)83-19-11-9-17-79(83)81-51-41-73(57-85(81)93)97(89-23-15-13-21-87(89)95)71-37-25-65(26-38-71)66-27-39-72(40-28-66)98(90-24-16-14-22-88(90)96)74-42-52-82-80-18-10-12-20-84(80)94(86(82)58-74,68-31-45-76(46-32-68)104-56-54-100-8-4)70-35-49-78(50-36-70)106-64-92(6-2)61-102-62-92/h9-52,57-58H,5-8,53-56,59-64H2,1-4H3. The highest BCUT2D eigenvalue weighted by atomic mass is 19.1. The maximum absolute atomic E-state index is 16.8. The van der Waals surface area contributed by atoms with Gasteiger partial charge in [-0.25, -0.2) is 8.78 Å². The van der Waals surface area contributed by atoms with Gasteiger partial charge in [0.25, 0.3) is 0 Å². The molecule has 2 unspecified atom stereocenters. The van der Waals surface area contributed by atoms with Crippen LogP contribution in [-0.2, 0) is 29.8 Å². The molecule has 4 aliphatic rings. The molecular formula is C94H86F2N2O8. The smallest absolute Gasteiger partial charge is 0.147 e. The van der Waals surface area contributed by atoms with Crippen LogP contribution in [0.4, 0.5) is 42.9 Å². The van der Waals surface area contributed by atoms with Gasteiger partial charge in [0.2, 0.25) is 0 Å². The Kier molecular flexibility index (Phi) is 19.6. The summed E-state index contributed by atoms with van der Waals surface area (Å²) < 4.78 is 81.7. The van der Waals surface area contributed by atoms with E-state index >= 15 is 8.78 Å². The van der Waals surface area contributed by atoms with Crippen LogP contribution in [0.2, 0.25) is 0 Å². The first-order valence-electron chi connectivity index (χ1n) is 37.1. The monoisotopic (exact) mass is 1410 g/mol. The summed E-state index contributed by atoms with van der Waals surface area (Å²) in [6.07, 6.45) is 1.95. The van der Waals surface area contributed by atoms with E-state index in [-0.39, 0.29) is 22.5 Å². The molecule has 0 spiro atoms. The number of nitrogens with zero attached hydrogens (tertiary/aromatic N) is 2. The molecule has 2 aliphatic carbocycles. The Morgan fingerprint density at radius 1 is 0.321 bits per heavy atom. The average molecular weight is 1410 g/mol. The fourth-order valence-corrected chi connectivity index (χ4v) is 16.1. The van der Waals surface area contributed by atoms with Crippen molar-refractivity contribution in [2.75, 3.05) is 89.1 Å². The van der Waals surface area contributed by atoms with E-state index < -0.39 is 10.8 Å². The highest BCUT2D eigenvalue weighted by Gasteiger charge is 2.49. The molecule has 16 rings (SSSR count). The summed E-state index contributed by atoms with van der Waals surface area (Å²) in [5.41, 5.74) is 17.1. The lowest BCUT2D eigenvalue weighted by molar-refractivity contribution is -0.133. The molecule has 0 aromatic heterocycles. The van der Waals surface area contributed by atoms with Gasteiger partial charge in [-0.2, -0.15) is 0 Å². The van der Waals surface area contributed by atoms with E-state index in [9.17, 15) is 0 Å². The van der Waals surface area contributed by atoms with Gasteiger partial charge in [0.15, 0.2) is 0 Å². The summed E-state index contributed by atoms with van der Waals surface area (Å²) in [4.78, 5) is 4.03. The van der Waals surface area contributed by atoms with Crippen LogP contribution in [0.5, 0.6) is 23.0 Å². The summed E-state index contributed by atoms with van der Waals surface area (Å²) in [7, 11) is 0. The molecule has 10 nitrogen and oxygen atoms in total. The van der Waals surface area contributed by atoms with Gasteiger partial charge in [0, 0.05) is 36.0 Å². The number of fused-ring (bicyclic) bond motifs is 6. The minimum absolute atomic E-state index is 0.0144. The van der Waals surface area contributed by atoms with Crippen molar-refractivity contribution in [3.63, 3.8) is 0 Å². The van der Waals surface area contributed by atoms with E-state index in [0.717, 1.165) is 136 Å². The van der Waals surface area contributed by atoms with Crippen molar-refractivity contribution in [3.8, 4) is 56.4 Å². The lowest BCUT2D eigenvalue weighted by Crippen LogP contribution is -2.46. The number of halogens is 2. The van der Waals surface area contributed by atoms with Gasteiger partial charge in [0.05, 0.1) is 85.9 Å². The van der Waals surface area contributed by atoms with E-state index in [1.165, 1.54) is 12.1 Å². The van der Waals surface area contributed by atoms with Gasteiger partial charge in [0.1, 0.15) is 47.8 Å². The fourth-order valence-electron chi connectivity index (χ4n) is 16.1. The van der Waals surface area contributed by atoms with Crippen LogP contribution in [0.25, 0.3) is 33.4 Å². The quantitative estimate of drug-likeness (QED) is 0.0423. The zero-order chi connectivity index (χ0) is 72.2. The van der Waals surface area contributed by atoms with Gasteiger partial charge in [-0.05, 0) is 226 Å². The van der Waals surface area contributed by atoms with Crippen LogP contribution in [-0.4, -0.2) is 79.3 Å². The second-order valence-corrected chi connectivity index (χ2v) is 28.2. The van der Waals surface area contributed by atoms with Crippen molar-refractivity contribution in [2.24, 2.45) is 10.8 Å². The Hall–Kier alpha value is -10.9. The predicted octanol–water partition coefficient (Wildman–Crippen LogP) is 21.7. The number of hydrogen-bond acceptors (Lipinski definition) is 10. The summed E-state index contributed by atoms with van der Waals surface area (Å²) in [5.74, 6) is 2.35. The molecule has 0 bridgehead atoms. The van der Waals surface area contributed by atoms with E-state index in [1.54, 1.807) is 12.1 Å². The SMILES string of the molecule is CCOCCOc1ccc(C2(c3ccc(OCC4(CC)COC4)cc3)c3ccccc3-c3ccc(N(c4ccc(-c5ccc(N(c6ccc7c(c6)C(c6ccc(OCCOCC)cc6)(c6ccc(OCC8(CC)COC8)cc6)c6ccccc6-7)c6ccccc6F)cc5)cc4)c4ccccc4F)cc32)cc1. The molecule has 2 saturated heterocycles. The Labute approximate surface area is 620 Å². The molecule has 106 heavy (non-hydrogen) atoms. The molecule has 12 aromatic rings. The highest BCUT2D eigenvalue weighted by Crippen LogP contribution is 2.60. The van der Waals surface area contributed by atoms with E-state index in [0.29, 0.717) is 90.7 Å². The number of hydrogen-bond donors (Lipinski definition) is 0. The molecule has 2 aliphatic heterocycles. The van der Waals surface area contributed by atoms with Gasteiger partial charge >= 0.3 is 0 Å². The lowest BCUT2D eigenvalue weighted by Gasteiger charge is -2.40. The van der Waals surface area contributed by atoms with E-state index in [2.05, 4.69) is 220 Å². The van der Waals surface area contributed by atoms with Crippen molar-refractivity contribution >= 4 is 34.1 Å². The molecule has 0 N–H and O–H groups in total. The van der Waals surface area contributed by atoms with Crippen LogP contribution in [0.1, 0.15) is 85.0 Å². The molecule has 0 saturated carbocycles. The van der Waals surface area contributed by atoms with Crippen molar-refractivity contribution in [3.05, 3.63) is 335 Å². The van der Waals surface area contributed by atoms with Gasteiger partial charge in [-0.3, -0.25) is 0 Å².